The zero-order chi connectivity index (χ0) is 11.7. The average Bonchev–Trinajstić information content (AvgIpc) is 2.72. The summed E-state index contributed by atoms with van der Waals surface area (Å²) in [5.74, 6) is 0.935. The van der Waals surface area contributed by atoms with Gasteiger partial charge in [0.05, 0.1) is 9.72 Å². The number of fused-ring (bicyclic) bond motifs is 1. The van der Waals surface area contributed by atoms with E-state index >= 15 is 0 Å². The van der Waals surface area contributed by atoms with E-state index in [1.807, 2.05) is 6.07 Å². The molecule has 0 bridgehead atoms. The summed E-state index contributed by atoms with van der Waals surface area (Å²) in [5.41, 5.74) is 0. The van der Waals surface area contributed by atoms with Gasteiger partial charge in [0.15, 0.2) is 0 Å². The first-order valence-corrected chi connectivity index (χ1v) is 7.19. The summed E-state index contributed by atoms with van der Waals surface area (Å²) in [6.07, 6.45) is 8.08. The van der Waals surface area contributed by atoms with Crippen LogP contribution in [0.4, 0.5) is 5.82 Å². The van der Waals surface area contributed by atoms with Crippen molar-refractivity contribution in [3.63, 3.8) is 0 Å². The molecule has 0 saturated heterocycles. The monoisotopic (exact) mass is 267 g/mol. The van der Waals surface area contributed by atoms with Crippen LogP contribution in [0.25, 0.3) is 10.2 Å². The van der Waals surface area contributed by atoms with Crippen LogP contribution in [-0.4, -0.2) is 16.0 Å². The molecule has 3 rings (SSSR count). The largest absolute Gasteiger partial charge is 0.367 e. The highest BCUT2D eigenvalue weighted by Gasteiger charge is 2.15. The molecule has 0 radical (unpaired) electrons. The van der Waals surface area contributed by atoms with E-state index in [0.717, 1.165) is 20.4 Å². The maximum Gasteiger partial charge on any atom is 0.138 e. The van der Waals surface area contributed by atoms with Crippen molar-refractivity contribution < 1.29 is 0 Å². The molecule has 0 amide bonds. The molecule has 2 heterocycles. The minimum absolute atomic E-state index is 0.556. The molecule has 0 atom stereocenters. The van der Waals surface area contributed by atoms with Crippen LogP contribution in [-0.2, 0) is 0 Å². The lowest BCUT2D eigenvalue weighted by Gasteiger charge is -2.23. The number of aromatic nitrogens is 2. The van der Waals surface area contributed by atoms with Gasteiger partial charge in [0.2, 0.25) is 0 Å². The second kappa shape index (κ2) is 4.78. The molecule has 17 heavy (non-hydrogen) atoms. The van der Waals surface area contributed by atoms with Crippen molar-refractivity contribution in [2.24, 2.45) is 0 Å². The smallest absolute Gasteiger partial charge is 0.138 e. The van der Waals surface area contributed by atoms with Crippen LogP contribution in [0.15, 0.2) is 12.4 Å². The first kappa shape index (κ1) is 11.2. The van der Waals surface area contributed by atoms with Crippen LogP contribution in [0.2, 0.25) is 4.34 Å². The first-order valence-electron chi connectivity index (χ1n) is 5.99. The molecule has 0 unspecified atom stereocenters. The number of anilines is 1. The van der Waals surface area contributed by atoms with Crippen LogP contribution < -0.4 is 5.32 Å². The van der Waals surface area contributed by atoms with E-state index in [-0.39, 0.29) is 0 Å². The molecule has 3 nitrogen and oxygen atoms in total. The van der Waals surface area contributed by atoms with Crippen LogP contribution in [0, 0.1) is 0 Å². The molecular weight excluding hydrogens is 254 g/mol. The maximum absolute atomic E-state index is 6.02. The molecule has 90 valence electrons. The Morgan fingerprint density at radius 3 is 2.88 bits per heavy atom. The van der Waals surface area contributed by atoms with Crippen LogP contribution >= 0.6 is 22.9 Å². The van der Waals surface area contributed by atoms with Gasteiger partial charge in [-0.15, -0.1) is 11.3 Å². The summed E-state index contributed by atoms with van der Waals surface area (Å²) in [5, 5.41) is 4.58. The average molecular weight is 268 g/mol. The summed E-state index contributed by atoms with van der Waals surface area (Å²) in [7, 11) is 0. The van der Waals surface area contributed by atoms with Gasteiger partial charge in [-0.05, 0) is 18.9 Å². The summed E-state index contributed by atoms with van der Waals surface area (Å²) >= 11 is 7.52. The van der Waals surface area contributed by atoms with Gasteiger partial charge in [-0.3, -0.25) is 0 Å². The molecular formula is C12H14ClN3S. The molecule has 0 spiro atoms. The van der Waals surface area contributed by atoms with Crippen molar-refractivity contribution in [1.82, 2.24) is 9.97 Å². The van der Waals surface area contributed by atoms with Gasteiger partial charge in [0.1, 0.15) is 17.0 Å². The third-order valence-electron chi connectivity index (χ3n) is 3.25. The highest BCUT2D eigenvalue weighted by Crippen LogP contribution is 2.32. The zero-order valence-electron chi connectivity index (χ0n) is 9.45. The van der Waals surface area contributed by atoms with Crippen LogP contribution in [0.1, 0.15) is 32.1 Å². The van der Waals surface area contributed by atoms with Gasteiger partial charge in [0.25, 0.3) is 0 Å². The Morgan fingerprint density at radius 1 is 1.24 bits per heavy atom. The fourth-order valence-corrected chi connectivity index (χ4v) is 3.44. The molecule has 5 heteroatoms. The Hall–Kier alpha value is -0.870. The van der Waals surface area contributed by atoms with E-state index in [0.29, 0.717) is 6.04 Å². The SMILES string of the molecule is Clc1cc2c(NC3CCCCC3)ncnc2s1. The Balaban J connectivity index is 1.88. The van der Waals surface area contributed by atoms with Gasteiger partial charge in [0, 0.05) is 6.04 Å². The quantitative estimate of drug-likeness (QED) is 0.891. The minimum atomic E-state index is 0.556. The fourth-order valence-electron chi connectivity index (χ4n) is 2.38. The molecule has 1 saturated carbocycles. The van der Waals surface area contributed by atoms with Gasteiger partial charge >= 0.3 is 0 Å². The Morgan fingerprint density at radius 2 is 2.06 bits per heavy atom. The summed E-state index contributed by atoms with van der Waals surface area (Å²) in [6.45, 7) is 0. The normalized spacial score (nSPS) is 17.5. The third kappa shape index (κ3) is 2.38. The van der Waals surface area contributed by atoms with Gasteiger partial charge in [-0.2, -0.15) is 0 Å². The lowest BCUT2D eigenvalue weighted by Crippen LogP contribution is -2.22. The van der Waals surface area contributed by atoms with E-state index in [4.69, 9.17) is 11.6 Å². The van der Waals surface area contributed by atoms with E-state index in [9.17, 15) is 0 Å². The van der Waals surface area contributed by atoms with E-state index in [1.54, 1.807) is 6.33 Å². The second-order valence-electron chi connectivity index (χ2n) is 4.47. The van der Waals surface area contributed by atoms with E-state index in [1.165, 1.54) is 43.4 Å². The van der Waals surface area contributed by atoms with E-state index in [2.05, 4.69) is 15.3 Å². The Labute approximate surface area is 109 Å². The molecule has 0 aliphatic heterocycles. The molecule has 0 aromatic carbocycles. The van der Waals surface area contributed by atoms with Crippen molar-refractivity contribution in [2.45, 2.75) is 38.1 Å². The minimum Gasteiger partial charge on any atom is -0.367 e. The molecule has 2 aromatic heterocycles. The zero-order valence-corrected chi connectivity index (χ0v) is 11.0. The Kier molecular flexibility index (Phi) is 3.16. The number of halogens is 1. The lowest BCUT2D eigenvalue weighted by molar-refractivity contribution is 0.462. The number of nitrogens with zero attached hydrogens (tertiary/aromatic N) is 2. The number of rotatable bonds is 2. The predicted octanol–water partition coefficient (Wildman–Crippen LogP) is 4.09. The molecule has 1 fully saturated rings. The predicted molar refractivity (Wildman–Crippen MR) is 72.9 cm³/mol. The molecule has 2 aromatic rings. The second-order valence-corrected chi connectivity index (χ2v) is 6.13. The topological polar surface area (TPSA) is 37.8 Å². The number of hydrogen-bond acceptors (Lipinski definition) is 4. The van der Waals surface area contributed by atoms with Crippen LogP contribution in [0.5, 0.6) is 0 Å². The van der Waals surface area contributed by atoms with Gasteiger partial charge in [-0.25, -0.2) is 9.97 Å². The van der Waals surface area contributed by atoms with Crippen molar-refractivity contribution >= 4 is 39.0 Å². The first-order chi connectivity index (χ1) is 8.33. The fraction of sp³-hybridized carbons (Fsp3) is 0.500. The van der Waals surface area contributed by atoms with E-state index < -0.39 is 0 Å². The highest BCUT2D eigenvalue weighted by atomic mass is 35.5. The number of hydrogen-bond donors (Lipinski definition) is 1. The summed E-state index contributed by atoms with van der Waals surface area (Å²) in [4.78, 5) is 9.54. The summed E-state index contributed by atoms with van der Waals surface area (Å²) in [6, 6.07) is 2.51. The Bertz CT molecular complexity index is 519. The maximum atomic E-state index is 6.02. The van der Waals surface area contributed by atoms with Crippen molar-refractivity contribution in [3.05, 3.63) is 16.7 Å². The lowest BCUT2D eigenvalue weighted by atomic mass is 9.95. The van der Waals surface area contributed by atoms with Crippen molar-refractivity contribution in [2.75, 3.05) is 5.32 Å². The van der Waals surface area contributed by atoms with Gasteiger partial charge < -0.3 is 5.32 Å². The number of thiophene rings is 1. The van der Waals surface area contributed by atoms with Crippen LogP contribution in [0.3, 0.4) is 0 Å². The van der Waals surface area contributed by atoms with Crippen molar-refractivity contribution in [1.29, 1.82) is 0 Å². The standard InChI is InChI=1S/C12H14ClN3S/c13-10-6-9-11(14-7-15-12(9)17-10)16-8-4-2-1-3-5-8/h6-8H,1-5H2,(H,14,15,16). The molecule has 1 aliphatic carbocycles. The summed E-state index contributed by atoms with van der Waals surface area (Å²) < 4.78 is 0.771. The third-order valence-corrected chi connectivity index (χ3v) is 4.42. The highest BCUT2D eigenvalue weighted by molar-refractivity contribution is 7.22. The number of nitrogens with one attached hydrogen (secondary N) is 1. The molecule has 1 aliphatic rings. The molecule has 1 N–H and O–H groups in total. The van der Waals surface area contributed by atoms with Gasteiger partial charge in [-0.1, -0.05) is 30.9 Å². The van der Waals surface area contributed by atoms with Crippen molar-refractivity contribution in [3.8, 4) is 0 Å².